The van der Waals surface area contributed by atoms with Gasteiger partial charge in [-0.25, -0.2) is 0 Å². The molecule has 2 rings (SSSR count). The Kier molecular flexibility index (Phi) is 3.65. The second-order valence-electron chi connectivity index (χ2n) is 3.90. The monoisotopic (exact) mass is 210 g/mol. The fourth-order valence-corrected chi connectivity index (χ4v) is 1.67. The SMILES string of the molecule is Bc1cccc(CCOc2ccccc2)c1. The second-order valence-corrected chi connectivity index (χ2v) is 3.90. The standard InChI is InChI=1S/C14H15BO/c15-13-6-4-5-12(11-13)9-10-16-14-7-2-1-3-8-14/h1-8,11H,9-10,15H2. The first kappa shape index (κ1) is 10.8. The van der Waals surface area contributed by atoms with E-state index in [9.17, 15) is 0 Å². The second kappa shape index (κ2) is 5.41. The molecule has 2 aromatic carbocycles. The quantitative estimate of drug-likeness (QED) is 0.696. The smallest absolute Gasteiger partial charge is 0.139 e. The summed E-state index contributed by atoms with van der Waals surface area (Å²) in [6.45, 7) is 0.730. The molecule has 0 aliphatic rings. The van der Waals surface area contributed by atoms with Crippen molar-refractivity contribution in [3.8, 4) is 5.75 Å². The zero-order valence-corrected chi connectivity index (χ0v) is 9.52. The van der Waals surface area contributed by atoms with Crippen molar-refractivity contribution in [1.29, 1.82) is 0 Å². The average Bonchev–Trinajstić information content (AvgIpc) is 2.30. The maximum atomic E-state index is 5.65. The maximum absolute atomic E-state index is 5.65. The Bertz CT molecular complexity index is 439. The molecule has 0 heterocycles. The highest BCUT2D eigenvalue weighted by molar-refractivity contribution is 6.32. The molecule has 0 fully saturated rings. The van der Waals surface area contributed by atoms with E-state index in [1.165, 1.54) is 11.0 Å². The Morgan fingerprint density at radius 3 is 2.50 bits per heavy atom. The summed E-state index contributed by atoms with van der Waals surface area (Å²) < 4.78 is 5.65. The molecule has 16 heavy (non-hydrogen) atoms. The van der Waals surface area contributed by atoms with Gasteiger partial charge in [-0.1, -0.05) is 47.9 Å². The lowest BCUT2D eigenvalue weighted by Gasteiger charge is -2.06. The summed E-state index contributed by atoms with van der Waals surface area (Å²) in [6.07, 6.45) is 0.955. The molecule has 0 spiro atoms. The van der Waals surface area contributed by atoms with Crippen LogP contribution in [0.1, 0.15) is 5.56 Å². The summed E-state index contributed by atoms with van der Waals surface area (Å²) in [5.41, 5.74) is 2.63. The zero-order chi connectivity index (χ0) is 11.2. The minimum absolute atomic E-state index is 0.730. The molecule has 0 radical (unpaired) electrons. The predicted molar refractivity (Wildman–Crippen MR) is 70.3 cm³/mol. The molecular weight excluding hydrogens is 195 g/mol. The van der Waals surface area contributed by atoms with E-state index in [4.69, 9.17) is 4.74 Å². The highest BCUT2D eigenvalue weighted by Gasteiger charge is 1.95. The van der Waals surface area contributed by atoms with Crippen LogP contribution in [0.2, 0.25) is 0 Å². The van der Waals surface area contributed by atoms with E-state index in [-0.39, 0.29) is 0 Å². The molecule has 0 aliphatic carbocycles. The van der Waals surface area contributed by atoms with Gasteiger partial charge in [0.05, 0.1) is 6.61 Å². The highest BCUT2D eigenvalue weighted by Crippen LogP contribution is 2.08. The van der Waals surface area contributed by atoms with Crippen LogP contribution in [0.4, 0.5) is 0 Å². The van der Waals surface area contributed by atoms with Crippen LogP contribution in [0, 0.1) is 0 Å². The summed E-state index contributed by atoms with van der Waals surface area (Å²) in [7, 11) is 2.11. The van der Waals surface area contributed by atoms with E-state index in [1.54, 1.807) is 0 Å². The molecule has 0 aromatic heterocycles. The minimum atomic E-state index is 0.730. The largest absolute Gasteiger partial charge is 0.493 e. The molecule has 0 atom stereocenters. The Morgan fingerprint density at radius 2 is 1.75 bits per heavy atom. The van der Waals surface area contributed by atoms with Gasteiger partial charge in [0.15, 0.2) is 0 Å². The van der Waals surface area contributed by atoms with Crippen molar-refractivity contribution in [1.82, 2.24) is 0 Å². The van der Waals surface area contributed by atoms with Crippen molar-refractivity contribution >= 4 is 13.3 Å². The molecule has 2 aromatic rings. The van der Waals surface area contributed by atoms with Gasteiger partial charge in [-0.3, -0.25) is 0 Å². The predicted octanol–water partition coefficient (Wildman–Crippen LogP) is 1.57. The molecule has 80 valence electrons. The van der Waals surface area contributed by atoms with E-state index >= 15 is 0 Å². The number of benzene rings is 2. The van der Waals surface area contributed by atoms with Gasteiger partial charge in [0.2, 0.25) is 0 Å². The summed E-state index contributed by atoms with van der Waals surface area (Å²) in [5, 5.41) is 0. The van der Waals surface area contributed by atoms with Gasteiger partial charge in [0.1, 0.15) is 13.6 Å². The van der Waals surface area contributed by atoms with Crippen LogP contribution < -0.4 is 10.2 Å². The van der Waals surface area contributed by atoms with Gasteiger partial charge < -0.3 is 4.74 Å². The number of hydrogen-bond acceptors (Lipinski definition) is 1. The minimum Gasteiger partial charge on any atom is -0.493 e. The molecular formula is C14H15BO. The lowest BCUT2D eigenvalue weighted by molar-refractivity contribution is 0.322. The highest BCUT2D eigenvalue weighted by atomic mass is 16.5. The van der Waals surface area contributed by atoms with Gasteiger partial charge in [-0.2, -0.15) is 0 Å². The lowest BCUT2D eigenvalue weighted by Crippen LogP contribution is -2.06. The van der Waals surface area contributed by atoms with Crippen molar-refractivity contribution < 1.29 is 4.74 Å². The molecule has 0 bridgehead atoms. The molecule has 0 N–H and O–H groups in total. The molecule has 2 heteroatoms. The summed E-state index contributed by atoms with van der Waals surface area (Å²) in [6, 6.07) is 18.5. The number of para-hydroxylation sites is 1. The van der Waals surface area contributed by atoms with Crippen LogP contribution in [0.5, 0.6) is 5.75 Å². The van der Waals surface area contributed by atoms with E-state index in [1.807, 2.05) is 30.3 Å². The first-order chi connectivity index (χ1) is 7.84. The van der Waals surface area contributed by atoms with Crippen LogP contribution in [-0.4, -0.2) is 14.5 Å². The third-order valence-electron chi connectivity index (χ3n) is 2.49. The lowest BCUT2D eigenvalue weighted by atomic mass is 9.94. The Labute approximate surface area is 97.5 Å². The Hall–Kier alpha value is -1.70. The molecule has 0 amide bonds. The Morgan fingerprint density at radius 1 is 0.938 bits per heavy atom. The number of ether oxygens (including phenoxy) is 1. The molecule has 0 saturated heterocycles. The fraction of sp³-hybridized carbons (Fsp3) is 0.143. The summed E-state index contributed by atoms with van der Waals surface area (Å²) in [4.78, 5) is 0. The third-order valence-corrected chi connectivity index (χ3v) is 2.49. The summed E-state index contributed by atoms with van der Waals surface area (Å²) >= 11 is 0. The number of hydrogen-bond donors (Lipinski definition) is 0. The van der Waals surface area contributed by atoms with Crippen LogP contribution in [0.15, 0.2) is 54.6 Å². The third kappa shape index (κ3) is 3.16. The summed E-state index contributed by atoms with van der Waals surface area (Å²) in [5.74, 6) is 0.940. The molecule has 0 unspecified atom stereocenters. The molecule has 0 aliphatic heterocycles. The number of rotatable bonds is 4. The first-order valence-electron chi connectivity index (χ1n) is 5.58. The maximum Gasteiger partial charge on any atom is 0.139 e. The Balaban J connectivity index is 1.85. The molecule has 0 saturated carbocycles. The van der Waals surface area contributed by atoms with Crippen LogP contribution in [0.3, 0.4) is 0 Å². The van der Waals surface area contributed by atoms with E-state index in [2.05, 4.69) is 32.1 Å². The van der Waals surface area contributed by atoms with Crippen molar-refractivity contribution in [2.24, 2.45) is 0 Å². The van der Waals surface area contributed by atoms with E-state index < -0.39 is 0 Å². The van der Waals surface area contributed by atoms with Gasteiger partial charge >= 0.3 is 0 Å². The average molecular weight is 210 g/mol. The van der Waals surface area contributed by atoms with Gasteiger partial charge in [0, 0.05) is 6.42 Å². The van der Waals surface area contributed by atoms with Crippen molar-refractivity contribution in [2.45, 2.75) is 6.42 Å². The van der Waals surface area contributed by atoms with Gasteiger partial charge in [0.25, 0.3) is 0 Å². The normalized spacial score (nSPS) is 10.0. The van der Waals surface area contributed by atoms with Crippen LogP contribution in [0.25, 0.3) is 0 Å². The van der Waals surface area contributed by atoms with Crippen molar-refractivity contribution in [3.63, 3.8) is 0 Å². The van der Waals surface area contributed by atoms with Crippen LogP contribution >= 0.6 is 0 Å². The van der Waals surface area contributed by atoms with E-state index in [0.717, 1.165) is 18.8 Å². The van der Waals surface area contributed by atoms with Crippen molar-refractivity contribution in [3.05, 3.63) is 60.2 Å². The van der Waals surface area contributed by atoms with Gasteiger partial charge in [-0.15, -0.1) is 0 Å². The topological polar surface area (TPSA) is 9.23 Å². The molecule has 1 nitrogen and oxygen atoms in total. The zero-order valence-electron chi connectivity index (χ0n) is 9.52. The first-order valence-corrected chi connectivity index (χ1v) is 5.58. The van der Waals surface area contributed by atoms with Gasteiger partial charge in [-0.05, 0) is 17.7 Å². The van der Waals surface area contributed by atoms with Crippen LogP contribution in [-0.2, 0) is 6.42 Å². The van der Waals surface area contributed by atoms with E-state index in [0.29, 0.717) is 0 Å². The van der Waals surface area contributed by atoms with Crippen molar-refractivity contribution in [2.75, 3.05) is 6.61 Å². The fourth-order valence-electron chi connectivity index (χ4n) is 1.67.